The lowest BCUT2D eigenvalue weighted by Gasteiger charge is -2.29. The summed E-state index contributed by atoms with van der Waals surface area (Å²) in [5, 5.41) is 3.02. The fourth-order valence-electron chi connectivity index (χ4n) is 3.14. The first-order valence-electron chi connectivity index (χ1n) is 8.27. The lowest BCUT2D eigenvalue weighted by molar-refractivity contribution is -0.143. The van der Waals surface area contributed by atoms with Gasteiger partial charge in [-0.1, -0.05) is 48.5 Å². The number of benzene rings is 3. The van der Waals surface area contributed by atoms with Gasteiger partial charge in [-0.15, -0.1) is 0 Å². The van der Waals surface area contributed by atoms with Gasteiger partial charge in [-0.25, -0.2) is 9.86 Å². The third kappa shape index (κ3) is 3.38. The number of rotatable bonds is 2. The summed E-state index contributed by atoms with van der Waals surface area (Å²) in [4.78, 5) is 17.1. The molecule has 0 spiro atoms. The van der Waals surface area contributed by atoms with Crippen molar-refractivity contribution in [2.75, 3.05) is 11.6 Å². The van der Waals surface area contributed by atoms with Crippen LogP contribution in [-0.4, -0.2) is 12.5 Å². The van der Waals surface area contributed by atoms with Crippen LogP contribution in [0.5, 0.6) is 0 Å². The van der Waals surface area contributed by atoms with Crippen molar-refractivity contribution < 1.29 is 22.8 Å². The lowest BCUT2D eigenvalue weighted by atomic mass is 10.00. The maximum absolute atomic E-state index is 13.3. The van der Waals surface area contributed by atoms with Crippen LogP contribution in [0.4, 0.5) is 18.9 Å². The predicted octanol–water partition coefficient (Wildman–Crippen LogP) is 5.22. The molecule has 3 aromatic carbocycles. The molecule has 0 radical (unpaired) electrons. The van der Waals surface area contributed by atoms with Gasteiger partial charge in [0, 0.05) is 6.08 Å². The maximum Gasteiger partial charge on any atom is 0.418 e. The molecule has 1 aliphatic rings. The van der Waals surface area contributed by atoms with Crippen molar-refractivity contribution in [2.24, 2.45) is 0 Å². The van der Waals surface area contributed by atoms with Gasteiger partial charge in [0.05, 0.1) is 17.8 Å². The first-order chi connectivity index (χ1) is 12.9. The van der Waals surface area contributed by atoms with Gasteiger partial charge in [0.1, 0.15) is 0 Å². The molecule has 136 valence electrons. The van der Waals surface area contributed by atoms with Crippen LogP contribution in [0.15, 0.2) is 72.8 Å². The minimum atomic E-state index is -4.55. The summed E-state index contributed by atoms with van der Waals surface area (Å²) in [5.41, 5.74) is 0.316. The van der Waals surface area contributed by atoms with Gasteiger partial charge in [-0.3, -0.25) is 0 Å². The number of para-hydroxylation sites is 1. The number of hydrogen-bond acceptors (Lipinski definition) is 3. The molecule has 0 N–H and O–H groups in total. The Hall–Kier alpha value is -3.28. The molecule has 1 heterocycles. The van der Waals surface area contributed by atoms with Crippen molar-refractivity contribution in [3.63, 3.8) is 0 Å². The molecule has 0 saturated heterocycles. The highest BCUT2D eigenvalue weighted by molar-refractivity contribution is 5.96. The van der Waals surface area contributed by atoms with E-state index in [0.717, 1.165) is 27.5 Å². The second kappa shape index (κ2) is 6.46. The molecule has 6 heteroatoms. The Labute approximate surface area is 153 Å². The van der Waals surface area contributed by atoms with Crippen LogP contribution in [0.1, 0.15) is 11.1 Å². The van der Waals surface area contributed by atoms with Crippen LogP contribution >= 0.6 is 0 Å². The van der Waals surface area contributed by atoms with Crippen LogP contribution in [0.2, 0.25) is 0 Å². The molecule has 0 aliphatic carbocycles. The second-order valence-electron chi connectivity index (χ2n) is 6.19. The number of anilines is 1. The molecule has 0 atom stereocenters. The van der Waals surface area contributed by atoms with Gasteiger partial charge >= 0.3 is 12.1 Å². The minimum absolute atomic E-state index is 0.0250. The number of carbonyl (C=O) groups excluding carboxylic acids is 1. The summed E-state index contributed by atoms with van der Waals surface area (Å²) in [6.07, 6.45) is -3.23. The van der Waals surface area contributed by atoms with E-state index in [4.69, 9.17) is 4.84 Å². The molecular weight excluding hydrogens is 355 g/mol. The molecule has 4 rings (SSSR count). The number of alkyl halides is 3. The lowest BCUT2D eigenvalue weighted by Crippen LogP contribution is -2.33. The highest BCUT2D eigenvalue weighted by atomic mass is 19.4. The van der Waals surface area contributed by atoms with E-state index in [2.05, 4.69) is 0 Å². The average molecular weight is 369 g/mol. The summed E-state index contributed by atoms with van der Waals surface area (Å²) >= 11 is 0. The third-order valence-corrected chi connectivity index (χ3v) is 4.40. The SMILES string of the molecule is O=C1C=C(c2ccc3ccccc3c2)CN(c2ccccc2C(F)(F)F)O1. The van der Waals surface area contributed by atoms with Crippen LogP contribution in [0.25, 0.3) is 16.3 Å². The van der Waals surface area contributed by atoms with Gasteiger partial charge in [-0.05, 0) is 40.1 Å². The molecule has 0 bridgehead atoms. The Bertz CT molecular complexity index is 1060. The zero-order valence-electron chi connectivity index (χ0n) is 14.0. The molecule has 0 amide bonds. The molecule has 27 heavy (non-hydrogen) atoms. The van der Waals surface area contributed by atoms with E-state index in [1.165, 1.54) is 24.3 Å². The van der Waals surface area contributed by atoms with Crippen LogP contribution in [-0.2, 0) is 15.8 Å². The van der Waals surface area contributed by atoms with Crippen molar-refractivity contribution >= 4 is 28.0 Å². The van der Waals surface area contributed by atoms with Crippen molar-refractivity contribution in [1.29, 1.82) is 0 Å². The highest BCUT2D eigenvalue weighted by Gasteiger charge is 2.36. The topological polar surface area (TPSA) is 29.5 Å². The Balaban J connectivity index is 1.72. The van der Waals surface area contributed by atoms with E-state index in [0.29, 0.717) is 5.57 Å². The molecule has 0 saturated carbocycles. The zero-order valence-corrected chi connectivity index (χ0v) is 14.0. The average Bonchev–Trinajstić information content (AvgIpc) is 2.66. The summed E-state index contributed by atoms with van der Waals surface area (Å²) in [5.74, 6) is -0.707. The monoisotopic (exact) mass is 369 g/mol. The Morgan fingerprint density at radius 1 is 0.889 bits per heavy atom. The Morgan fingerprint density at radius 3 is 2.37 bits per heavy atom. The van der Waals surface area contributed by atoms with E-state index in [1.807, 2.05) is 42.5 Å². The predicted molar refractivity (Wildman–Crippen MR) is 96.8 cm³/mol. The van der Waals surface area contributed by atoms with Crippen molar-refractivity contribution in [3.05, 3.63) is 83.9 Å². The third-order valence-electron chi connectivity index (χ3n) is 4.40. The zero-order chi connectivity index (χ0) is 19.0. The number of carbonyl (C=O) groups is 1. The number of hydrogen-bond donors (Lipinski definition) is 0. The van der Waals surface area contributed by atoms with Gasteiger partial charge in [0.15, 0.2) is 0 Å². The number of fused-ring (bicyclic) bond motifs is 1. The van der Waals surface area contributed by atoms with Crippen molar-refractivity contribution in [2.45, 2.75) is 6.18 Å². The molecule has 3 nitrogen and oxygen atoms in total. The smallest absolute Gasteiger partial charge is 0.336 e. The van der Waals surface area contributed by atoms with E-state index in [-0.39, 0.29) is 12.2 Å². The van der Waals surface area contributed by atoms with Crippen LogP contribution in [0, 0.1) is 0 Å². The van der Waals surface area contributed by atoms with Gasteiger partial charge in [0.25, 0.3) is 0 Å². The quantitative estimate of drug-likeness (QED) is 0.620. The van der Waals surface area contributed by atoms with Gasteiger partial charge < -0.3 is 4.84 Å². The number of hydroxylamine groups is 1. The van der Waals surface area contributed by atoms with Gasteiger partial charge in [0.2, 0.25) is 0 Å². The molecule has 0 aromatic heterocycles. The van der Waals surface area contributed by atoms with Crippen molar-refractivity contribution in [1.82, 2.24) is 0 Å². The fourth-order valence-corrected chi connectivity index (χ4v) is 3.14. The number of halogens is 3. The molecule has 3 aromatic rings. The Morgan fingerprint density at radius 2 is 1.59 bits per heavy atom. The standard InChI is InChI=1S/C21H14F3NO2/c22-21(23,24)18-7-3-4-8-19(18)25-13-17(12-20(26)27-25)16-10-9-14-5-1-2-6-15(14)11-16/h1-12H,13H2. The Kier molecular flexibility index (Phi) is 4.11. The maximum atomic E-state index is 13.3. The molecule has 0 fully saturated rings. The summed E-state index contributed by atoms with van der Waals surface area (Å²) in [6, 6.07) is 18.5. The van der Waals surface area contributed by atoms with E-state index >= 15 is 0 Å². The second-order valence-corrected chi connectivity index (χ2v) is 6.19. The molecular formula is C21H14F3NO2. The fraction of sp³-hybridized carbons (Fsp3) is 0.0952. The summed E-state index contributed by atoms with van der Waals surface area (Å²) < 4.78 is 39.9. The molecule has 1 aliphatic heterocycles. The number of nitrogens with zero attached hydrogens (tertiary/aromatic N) is 1. The largest absolute Gasteiger partial charge is 0.418 e. The van der Waals surface area contributed by atoms with Crippen LogP contribution in [0.3, 0.4) is 0 Å². The van der Waals surface area contributed by atoms with E-state index in [1.54, 1.807) is 0 Å². The summed E-state index contributed by atoms with van der Waals surface area (Å²) in [7, 11) is 0. The van der Waals surface area contributed by atoms with Crippen molar-refractivity contribution in [3.8, 4) is 0 Å². The normalized spacial score (nSPS) is 14.9. The minimum Gasteiger partial charge on any atom is -0.336 e. The first kappa shape index (κ1) is 17.1. The van der Waals surface area contributed by atoms with E-state index in [9.17, 15) is 18.0 Å². The van der Waals surface area contributed by atoms with Gasteiger partial charge in [-0.2, -0.15) is 13.2 Å². The van der Waals surface area contributed by atoms with Crippen LogP contribution < -0.4 is 5.06 Å². The first-order valence-corrected chi connectivity index (χ1v) is 8.27. The van der Waals surface area contributed by atoms with E-state index < -0.39 is 17.7 Å². The summed E-state index contributed by atoms with van der Waals surface area (Å²) in [6.45, 7) is 0.0250. The molecule has 0 unspecified atom stereocenters. The highest BCUT2D eigenvalue weighted by Crippen LogP contribution is 2.38.